The molecule has 1 fully saturated rings. The Hall–Kier alpha value is -1.39. The van der Waals surface area contributed by atoms with Crippen LogP contribution in [0.1, 0.15) is 12.5 Å². The van der Waals surface area contributed by atoms with Gasteiger partial charge in [-0.2, -0.15) is 0 Å². The molecule has 0 aliphatic carbocycles. The molecular weight excluding hydrogens is 238 g/mol. The quantitative estimate of drug-likeness (QED) is 0.876. The van der Waals surface area contributed by atoms with Crippen LogP contribution >= 0.6 is 0 Å². The molecule has 19 heavy (non-hydrogen) atoms. The zero-order valence-corrected chi connectivity index (χ0v) is 11.8. The van der Waals surface area contributed by atoms with Gasteiger partial charge in [-0.05, 0) is 12.5 Å². The second-order valence-electron chi connectivity index (χ2n) is 5.14. The number of piperazine rings is 1. The van der Waals surface area contributed by atoms with E-state index in [2.05, 4.69) is 22.3 Å². The first-order valence-electron chi connectivity index (χ1n) is 6.92. The first-order chi connectivity index (χ1) is 9.18. The summed E-state index contributed by atoms with van der Waals surface area (Å²) in [5.74, 6) is 0.200. The smallest absolute Gasteiger partial charge is 0.239 e. The second-order valence-corrected chi connectivity index (χ2v) is 5.14. The molecular formula is C15H23N3O. The van der Waals surface area contributed by atoms with Crippen molar-refractivity contribution < 1.29 is 4.79 Å². The molecule has 104 valence electrons. The minimum atomic E-state index is -0.0317. The van der Waals surface area contributed by atoms with Gasteiger partial charge in [0.1, 0.15) is 0 Å². The molecule has 2 rings (SSSR count). The molecule has 1 saturated heterocycles. The van der Waals surface area contributed by atoms with Gasteiger partial charge in [0.15, 0.2) is 0 Å². The van der Waals surface area contributed by atoms with Crippen LogP contribution in [0.5, 0.6) is 0 Å². The van der Waals surface area contributed by atoms with Crippen molar-refractivity contribution in [3.05, 3.63) is 35.9 Å². The number of carbonyl (C=O) groups excluding carboxylic acids is 1. The summed E-state index contributed by atoms with van der Waals surface area (Å²) >= 11 is 0. The Morgan fingerprint density at radius 2 is 1.95 bits per heavy atom. The molecule has 0 spiro atoms. The highest BCUT2D eigenvalue weighted by Crippen LogP contribution is 2.08. The Bertz CT molecular complexity index is 401. The number of likely N-dealkylation sites (N-methyl/N-ethyl adjacent to an activating group) is 1. The summed E-state index contributed by atoms with van der Waals surface area (Å²) in [5, 5.41) is 3.31. The van der Waals surface area contributed by atoms with Gasteiger partial charge in [0.2, 0.25) is 5.91 Å². The number of hydrogen-bond acceptors (Lipinski definition) is 3. The fraction of sp³-hybridized carbons (Fsp3) is 0.533. The number of nitrogens with zero attached hydrogens (tertiary/aromatic N) is 2. The Labute approximate surface area is 115 Å². The highest BCUT2D eigenvalue weighted by atomic mass is 16.2. The van der Waals surface area contributed by atoms with E-state index in [9.17, 15) is 4.79 Å². The van der Waals surface area contributed by atoms with Crippen LogP contribution in [0.3, 0.4) is 0 Å². The Morgan fingerprint density at radius 3 is 2.58 bits per heavy atom. The summed E-state index contributed by atoms with van der Waals surface area (Å²) in [5.41, 5.74) is 1.17. The number of hydrogen-bond donors (Lipinski definition) is 1. The molecule has 0 radical (unpaired) electrons. The van der Waals surface area contributed by atoms with E-state index in [1.165, 1.54) is 5.56 Å². The van der Waals surface area contributed by atoms with E-state index in [1.54, 1.807) is 0 Å². The summed E-state index contributed by atoms with van der Waals surface area (Å²) in [6, 6.07) is 10.1. The molecule has 0 bridgehead atoms. The number of rotatable bonds is 4. The summed E-state index contributed by atoms with van der Waals surface area (Å²) in [4.78, 5) is 16.5. The molecule has 1 aliphatic rings. The molecule has 1 unspecified atom stereocenters. The van der Waals surface area contributed by atoms with Crippen LogP contribution in [0.15, 0.2) is 30.3 Å². The van der Waals surface area contributed by atoms with Crippen LogP contribution in [0.25, 0.3) is 0 Å². The number of amides is 1. The maximum atomic E-state index is 12.4. The lowest BCUT2D eigenvalue weighted by molar-refractivity contribution is -0.135. The van der Waals surface area contributed by atoms with Crippen LogP contribution in [-0.4, -0.2) is 55.0 Å². The largest absolute Gasteiger partial charge is 0.340 e. The third-order valence-electron chi connectivity index (χ3n) is 3.70. The van der Waals surface area contributed by atoms with Gasteiger partial charge >= 0.3 is 0 Å². The van der Waals surface area contributed by atoms with Gasteiger partial charge in [0, 0.05) is 39.8 Å². The minimum Gasteiger partial charge on any atom is -0.340 e. The lowest BCUT2D eigenvalue weighted by atomic mass is 10.2. The summed E-state index contributed by atoms with van der Waals surface area (Å²) < 4.78 is 0. The highest BCUT2D eigenvalue weighted by Gasteiger charge is 2.25. The normalized spacial score (nSPS) is 18.0. The van der Waals surface area contributed by atoms with E-state index in [0.717, 1.165) is 26.2 Å². The van der Waals surface area contributed by atoms with E-state index < -0.39 is 0 Å². The van der Waals surface area contributed by atoms with Gasteiger partial charge in [0.25, 0.3) is 0 Å². The molecule has 4 nitrogen and oxygen atoms in total. The van der Waals surface area contributed by atoms with Gasteiger partial charge in [-0.1, -0.05) is 30.3 Å². The van der Waals surface area contributed by atoms with Gasteiger partial charge in [-0.3, -0.25) is 9.69 Å². The van der Waals surface area contributed by atoms with Crippen LogP contribution in [0.4, 0.5) is 0 Å². The second kappa shape index (κ2) is 6.68. The predicted molar refractivity (Wildman–Crippen MR) is 76.8 cm³/mol. The highest BCUT2D eigenvalue weighted by molar-refractivity contribution is 5.81. The third-order valence-corrected chi connectivity index (χ3v) is 3.70. The topological polar surface area (TPSA) is 35.6 Å². The van der Waals surface area contributed by atoms with Crippen molar-refractivity contribution in [1.82, 2.24) is 15.1 Å². The summed E-state index contributed by atoms with van der Waals surface area (Å²) in [6.45, 7) is 6.53. The van der Waals surface area contributed by atoms with Crippen molar-refractivity contribution in [3.63, 3.8) is 0 Å². The monoisotopic (exact) mass is 261 g/mol. The van der Waals surface area contributed by atoms with Crippen molar-refractivity contribution in [1.29, 1.82) is 0 Å². The number of carbonyl (C=O) groups is 1. The van der Waals surface area contributed by atoms with Gasteiger partial charge < -0.3 is 10.2 Å². The lowest BCUT2D eigenvalue weighted by Crippen LogP contribution is -2.52. The fourth-order valence-electron chi connectivity index (χ4n) is 2.48. The molecule has 1 amide bonds. The van der Waals surface area contributed by atoms with E-state index in [4.69, 9.17) is 0 Å². The molecule has 1 N–H and O–H groups in total. The van der Waals surface area contributed by atoms with E-state index >= 15 is 0 Å². The Balaban J connectivity index is 1.90. The van der Waals surface area contributed by atoms with Crippen LogP contribution in [0.2, 0.25) is 0 Å². The van der Waals surface area contributed by atoms with Crippen molar-refractivity contribution in [2.24, 2.45) is 0 Å². The van der Waals surface area contributed by atoms with Crippen molar-refractivity contribution in [2.75, 3.05) is 33.2 Å². The average Bonchev–Trinajstić information content (AvgIpc) is 2.47. The molecule has 1 aliphatic heterocycles. The first kappa shape index (κ1) is 14.0. The maximum Gasteiger partial charge on any atom is 0.239 e. The Morgan fingerprint density at radius 1 is 1.32 bits per heavy atom. The first-order valence-corrected chi connectivity index (χ1v) is 6.92. The van der Waals surface area contributed by atoms with Crippen molar-refractivity contribution >= 4 is 5.91 Å². The molecule has 1 atom stereocenters. The summed E-state index contributed by atoms with van der Waals surface area (Å²) in [6.07, 6.45) is 0. The van der Waals surface area contributed by atoms with E-state index in [1.807, 2.05) is 37.1 Å². The van der Waals surface area contributed by atoms with Gasteiger partial charge in [-0.15, -0.1) is 0 Å². The van der Waals surface area contributed by atoms with Crippen LogP contribution < -0.4 is 5.32 Å². The molecule has 4 heteroatoms. The zero-order valence-electron chi connectivity index (χ0n) is 11.8. The molecule has 1 aromatic rings. The molecule has 1 heterocycles. The maximum absolute atomic E-state index is 12.4. The predicted octanol–water partition coefficient (Wildman–Crippen LogP) is 0.939. The standard InChI is InChI=1S/C15H23N3O/c1-13(18-10-8-16-9-11-18)15(19)17(2)12-14-6-4-3-5-7-14/h3-7,13,16H,8-12H2,1-2H3. The van der Waals surface area contributed by atoms with Gasteiger partial charge in [0.05, 0.1) is 6.04 Å². The molecule has 0 aromatic heterocycles. The lowest BCUT2D eigenvalue weighted by Gasteiger charge is -2.34. The van der Waals surface area contributed by atoms with Crippen LogP contribution in [-0.2, 0) is 11.3 Å². The van der Waals surface area contributed by atoms with Crippen molar-refractivity contribution in [3.8, 4) is 0 Å². The molecule has 0 saturated carbocycles. The number of benzene rings is 1. The Kier molecular flexibility index (Phi) is 4.93. The van der Waals surface area contributed by atoms with Crippen LogP contribution in [0, 0.1) is 0 Å². The van der Waals surface area contributed by atoms with E-state index in [0.29, 0.717) is 6.54 Å². The fourth-order valence-corrected chi connectivity index (χ4v) is 2.48. The molecule has 1 aromatic carbocycles. The SMILES string of the molecule is CC(C(=O)N(C)Cc1ccccc1)N1CCNCC1. The average molecular weight is 261 g/mol. The minimum absolute atomic E-state index is 0.0317. The third kappa shape index (κ3) is 3.78. The summed E-state index contributed by atoms with van der Waals surface area (Å²) in [7, 11) is 1.88. The zero-order chi connectivity index (χ0) is 13.7. The van der Waals surface area contributed by atoms with E-state index in [-0.39, 0.29) is 11.9 Å². The van der Waals surface area contributed by atoms with Crippen molar-refractivity contribution in [2.45, 2.75) is 19.5 Å². The van der Waals surface area contributed by atoms with Gasteiger partial charge in [-0.25, -0.2) is 0 Å². The number of nitrogens with one attached hydrogen (secondary N) is 1.